The fourth-order valence-corrected chi connectivity index (χ4v) is 4.75. The Bertz CT molecular complexity index is 1570. The molecule has 166 valence electrons. The quantitative estimate of drug-likeness (QED) is 0.348. The van der Waals surface area contributed by atoms with Crippen molar-refractivity contribution in [3.8, 4) is 11.4 Å². The van der Waals surface area contributed by atoms with Gasteiger partial charge in [-0.25, -0.2) is 14.4 Å². The molecule has 0 saturated carbocycles. The van der Waals surface area contributed by atoms with Crippen molar-refractivity contribution in [1.82, 2.24) is 19.9 Å². The molecule has 2 aromatic carbocycles. The molecule has 0 fully saturated rings. The molecule has 3 heterocycles. The topological polar surface area (TPSA) is 104 Å². The highest BCUT2D eigenvalue weighted by Crippen LogP contribution is 2.26. The number of aromatic amines is 2. The highest BCUT2D eigenvalue weighted by Gasteiger charge is 2.13. The summed E-state index contributed by atoms with van der Waals surface area (Å²) < 4.78 is 13.2. The van der Waals surface area contributed by atoms with Crippen molar-refractivity contribution in [2.75, 3.05) is 5.32 Å². The highest BCUT2D eigenvalue weighted by molar-refractivity contribution is 7.18. The van der Waals surface area contributed by atoms with Gasteiger partial charge in [0.1, 0.15) is 22.3 Å². The number of fused-ring (bicyclic) bond motifs is 2. The third-order valence-electron chi connectivity index (χ3n) is 5.56. The van der Waals surface area contributed by atoms with E-state index in [2.05, 4.69) is 25.3 Å². The first-order valence-corrected chi connectivity index (χ1v) is 11.2. The number of anilines is 1. The SMILES string of the molecule is Cc1sc2nc(CCC(=O)Nc3ccc4nc(-c5ccc(F)cc5)[nH]c4c3)[nH]c(=O)c2c1C. The first kappa shape index (κ1) is 21.0. The number of H-pyrrole nitrogens is 2. The van der Waals surface area contributed by atoms with Crippen molar-refractivity contribution in [2.45, 2.75) is 26.7 Å². The van der Waals surface area contributed by atoms with Gasteiger partial charge in [0, 0.05) is 29.0 Å². The lowest BCUT2D eigenvalue weighted by Crippen LogP contribution is -2.16. The zero-order valence-electron chi connectivity index (χ0n) is 18.0. The summed E-state index contributed by atoms with van der Waals surface area (Å²) in [5, 5.41) is 3.50. The second-order valence-corrected chi connectivity index (χ2v) is 9.05. The van der Waals surface area contributed by atoms with Gasteiger partial charge in [-0.1, -0.05) is 0 Å². The van der Waals surface area contributed by atoms with Gasteiger partial charge >= 0.3 is 0 Å². The Labute approximate surface area is 191 Å². The molecule has 7 nitrogen and oxygen atoms in total. The van der Waals surface area contributed by atoms with Crippen LogP contribution in [0.25, 0.3) is 32.6 Å². The maximum absolute atomic E-state index is 13.2. The Hall–Kier alpha value is -3.85. The molecule has 0 spiro atoms. The van der Waals surface area contributed by atoms with Crippen LogP contribution in [0.1, 0.15) is 22.7 Å². The van der Waals surface area contributed by atoms with E-state index >= 15 is 0 Å². The molecule has 3 aromatic heterocycles. The number of hydrogen-bond donors (Lipinski definition) is 3. The van der Waals surface area contributed by atoms with Gasteiger partial charge in [0.25, 0.3) is 5.56 Å². The molecule has 5 rings (SSSR count). The minimum absolute atomic E-state index is 0.168. The van der Waals surface area contributed by atoms with Crippen LogP contribution in [0, 0.1) is 19.7 Å². The summed E-state index contributed by atoms with van der Waals surface area (Å²) >= 11 is 1.49. The Morgan fingerprint density at radius 1 is 1.09 bits per heavy atom. The fourth-order valence-electron chi connectivity index (χ4n) is 3.70. The largest absolute Gasteiger partial charge is 0.338 e. The summed E-state index contributed by atoms with van der Waals surface area (Å²) in [4.78, 5) is 41.7. The van der Waals surface area contributed by atoms with Crippen molar-refractivity contribution in [3.63, 3.8) is 0 Å². The first-order valence-electron chi connectivity index (χ1n) is 10.4. The summed E-state index contributed by atoms with van der Waals surface area (Å²) in [5.41, 5.74) is 3.68. The zero-order valence-corrected chi connectivity index (χ0v) is 18.8. The van der Waals surface area contributed by atoms with E-state index in [9.17, 15) is 14.0 Å². The second kappa shape index (κ2) is 8.25. The maximum Gasteiger partial charge on any atom is 0.259 e. The van der Waals surface area contributed by atoms with Crippen LogP contribution in [0.4, 0.5) is 10.1 Å². The Balaban J connectivity index is 1.28. The molecule has 1 amide bonds. The number of nitrogens with zero attached hydrogens (tertiary/aromatic N) is 2. The third-order valence-corrected chi connectivity index (χ3v) is 6.66. The average Bonchev–Trinajstić information content (AvgIpc) is 3.33. The lowest BCUT2D eigenvalue weighted by molar-refractivity contribution is -0.116. The van der Waals surface area contributed by atoms with Gasteiger partial charge in [0.2, 0.25) is 5.91 Å². The first-order chi connectivity index (χ1) is 15.9. The molecule has 3 N–H and O–H groups in total. The predicted octanol–water partition coefficient (Wildman–Crippen LogP) is 4.86. The van der Waals surface area contributed by atoms with E-state index in [1.54, 1.807) is 24.3 Å². The molecule has 5 aromatic rings. The minimum atomic E-state index is -0.306. The minimum Gasteiger partial charge on any atom is -0.338 e. The van der Waals surface area contributed by atoms with Crippen molar-refractivity contribution in [3.05, 3.63) is 74.9 Å². The fraction of sp³-hybridized carbons (Fsp3) is 0.167. The molecule has 33 heavy (non-hydrogen) atoms. The van der Waals surface area contributed by atoms with Crippen LogP contribution in [-0.2, 0) is 11.2 Å². The smallest absolute Gasteiger partial charge is 0.259 e. The van der Waals surface area contributed by atoms with E-state index in [0.29, 0.717) is 34.0 Å². The Morgan fingerprint density at radius 2 is 1.88 bits per heavy atom. The lowest BCUT2D eigenvalue weighted by atomic mass is 10.2. The van der Waals surface area contributed by atoms with E-state index in [-0.39, 0.29) is 23.7 Å². The number of nitrogens with one attached hydrogen (secondary N) is 3. The molecule has 0 saturated heterocycles. The van der Waals surface area contributed by atoms with Crippen molar-refractivity contribution >= 4 is 44.2 Å². The normalized spacial score (nSPS) is 11.4. The van der Waals surface area contributed by atoms with Crippen LogP contribution in [0.2, 0.25) is 0 Å². The molecule has 0 aliphatic heterocycles. The summed E-state index contributed by atoms with van der Waals surface area (Å²) in [5.74, 6) is 0.628. The molecule has 0 aliphatic carbocycles. The van der Waals surface area contributed by atoms with Crippen LogP contribution in [0.15, 0.2) is 47.3 Å². The van der Waals surface area contributed by atoms with Crippen LogP contribution in [0.5, 0.6) is 0 Å². The number of aromatic nitrogens is 4. The number of benzene rings is 2. The number of halogens is 1. The number of aryl methyl sites for hydroxylation is 3. The number of amides is 1. The summed E-state index contributed by atoms with van der Waals surface area (Å²) in [6.45, 7) is 3.88. The van der Waals surface area contributed by atoms with E-state index in [4.69, 9.17) is 0 Å². The number of hydrogen-bond acceptors (Lipinski definition) is 5. The summed E-state index contributed by atoms with van der Waals surface area (Å²) in [6.07, 6.45) is 0.508. The number of imidazole rings is 1. The second-order valence-electron chi connectivity index (χ2n) is 7.85. The average molecular weight is 462 g/mol. The van der Waals surface area contributed by atoms with Gasteiger partial charge in [-0.3, -0.25) is 9.59 Å². The van der Waals surface area contributed by atoms with Gasteiger partial charge in [-0.15, -0.1) is 11.3 Å². The van der Waals surface area contributed by atoms with Crippen molar-refractivity contribution < 1.29 is 9.18 Å². The molecular formula is C24H20FN5O2S. The molecule has 9 heteroatoms. The van der Waals surface area contributed by atoms with Crippen molar-refractivity contribution in [2.24, 2.45) is 0 Å². The maximum atomic E-state index is 13.2. The van der Waals surface area contributed by atoms with Crippen LogP contribution >= 0.6 is 11.3 Å². The lowest BCUT2D eigenvalue weighted by Gasteiger charge is -2.05. The number of rotatable bonds is 5. The third kappa shape index (κ3) is 4.14. The number of carbonyl (C=O) groups excluding carboxylic acids is 1. The van der Waals surface area contributed by atoms with Crippen LogP contribution in [0.3, 0.4) is 0 Å². The molecule has 0 bridgehead atoms. The zero-order chi connectivity index (χ0) is 23.1. The number of carbonyl (C=O) groups is 1. The Kier molecular flexibility index (Phi) is 5.26. The Morgan fingerprint density at radius 3 is 2.67 bits per heavy atom. The number of thiophene rings is 1. The molecule has 0 aliphatic rings. The van der Waals surface area contributed by atoms with Gasteiger partial charge in [0.15, 0.2) is 0 Å². The molecular weight excluding hydrogens is 441 g/mol. The molecule has 0 atom stereocenters. The van der Waals surface area contributed by atoms with Crippen LogP contribution in [-0.4, -0.2) is 25.8 Å². The molecule has 0 radical (unpaired) electrons. The van der Waals surface area contributed by atoms with Gasteiger partial charge in [0.05, 0.1) is 16.4 Å². The van der Waals surface area contributed by atoms with Crippen LogP contribution < -0.4 is 10.9 Å². The van der Waals surface area contributed by atoms with E-state index in [1.165, 1.54) is 23.5 Å². The summed E-state index contributed by atoms with van der Waals surface area (Å²) in [7, 11) is 0. The van der Waals surface area contributed by atoms with E-state index < -0.39 is 0 Å². The van der Waals surface area contributed by atoms with Gasteiger partial charge in [-0.05, 0) is 61.9 Å². The van der Waals surface area contributed by atoms with Gasteiger partial charge < -0.3 is 15.3 Å². The monoisotopic (exact) mass is 461 g/mol. The standard InChI is InChI=1S/C24H20FN5O2S/c1-12-13(2)33-24-21(12)23(32)29-19(30-24)9-10-20(31)26-16-7-8-17-18(11-16)28-22(27-17)14-3-5-15(25)6-4-14/h3-8,11H,9-10H2,1-2H3,(H,26,31)(H,27,28)(H,29,30,32). The highest BCUT2D eigenvalue weighted by atomic mass is 32.1. The van der Waals surface area contributed by atoms with Gasteiger partial charge in [-0.2, -0.15) is 0 Å². The summed E-state index contributed by atoms with van der Waals surface area (Å²) in [6, 6.07) is 11.5. The molecule has 0 unspecified atom stereocenters. The van der Waals surface area contributed by atoms with E-state index in [1.807, 2.05) is 19.9 Å². The van der Waals surface area contributed by atoms with E-state index in [0.717, 1.165) is 27.0 Å². The predicted molar refractivity (Wildman–Crippen MR) is 128 cm³/mol. The van der Waals surface area contributed by atoms with Crippen molar-refractivity contribution in [1.29, 1.82) is 0 Å².